The zero-order chi connectivity index (χ0) is 15.4. The van der Waals surface area contributed by atoms with Crippen LogP contribution in [-0.2, 0) is 4.79 Å². The minimum absolute atomic E-state index is 0.0106. The second-order valence-electron chi connectivity index (χ2n) is 5.11. The van der Waals surface area contributed by atoms with E-state index >= 15 is 0 Å². The van der Waals surface area contributed by atoms with Gasteiger partial charge in [0.05, 0.1) is 18.2 Å². The standard InChI is InChI=1S/C15H19NO5/c1-2-14(18)16-8-11(17)7-13(9-16)21-12-5-3-10(4-6-12)15(19)20/h3-6,11,13,17H,2,7-9H2,1H3,(H,19,20)/t11-,13-/m1/s1. The van der Waals surface area contributed by atoms with E-state index in [0.29, 0.717) is 31.7 Å². The molecule has 1 aliphatic rings. The van der Waals surface area contributed by atoms with Crippen LogP contribution in [0.5, 0.6) is 5.75 Å². The number of β-amino-alcohol motifs (C(OH)–C–C–N with tert-alkyl or cyclic N) is 1. The van der Waals surface area contributed by atoms with Crippen molar-refractivity contribution in [1.82, 2.24) is 4.90 Å². The van der Waals surface area contributed by atoms with Crippen LogP contribution >= 0.6 is 0 Å². The number of carboxylic acid groups (broad SMARTS) is 1. The molecule has 6 nitrogen and oxygen atoms in total. The summed E-state index contributed by atoms with van der Waals surface area (Å²) in [6, 6.07) is 6.09. The monoisotopic (exact) mass is 293 g/mol. The molecule has 1 fully saturated rings. The summed E-state index contributed by atoms with van der Waals surface area (Å²) in [6.07, 6.45) is -0.0431. The molecule has 21 heavy (non-hydrogen) atoms. The summed E-state index contributed by atoms with van der Waals surface area (Å²) >= 11 is 0. The summed E-state index contributed by atoms with van der Waals surface area (Å²) in [5, 5.41) is 18.7. The lowest BCUT2D eigenvalue weighted by Gasteiger charge is -2.35. The third-order valence-electron chi connectivity index (χ3n) is 3.45. The number of carboxylic acids is 1. The first-order valence-corrected chi connectivity index (χ1v) is 6.95. The van der Waals surface area contributed by atoms with Crippen LogP contribution in [0.2, 0.25) is 0 Å². The smallest absolute Gasteiger partial charge is 0.335 e. The number of aromatic carboxylic acids is 1. The van der Waals surface area contributed by atoms with E-state index in [2.05, 4.69) is 0 Å². The second-order valence-corrected chi connectivity index (χ2v) is 5.11. The molecule has 6 heteroatoms. The molecule has 2 atom stereocenters. The molecule has 0 spiro atoms. The molecule has 1 heterocycles. The number of carbonyl (C=O) groups is 2. The quantitative estimate of drug-likeness (QED) is 0.869. The number of hydrogen-bond donors (Lipinski definition) is 2. The summed E-state index contributed by atoms with van der Waals surface area (Å²) in [4.78, 5) is 24.1. The second kappa shape index (κ2) is 6.58. The average Bonchev–Trinajstić information content (AvgIpc) is 2.46. The van der Waals surface area contributed by atoms with Gasteiger partial charge in [0.1, 0.15) is 11.9 Å². The molecule has 1 amide bonds. The molecule has 2 N–H and O–H groups in total. The Morgan fingerprint density at radius 2 is 1.95 bits per heavy atom. The van der Waals surface area contributed by atoms with Crippen LogP contribution in [0.25, 0.3) is 0 Å². The van der Waals surface area contributed by atoms with E-state index in [1.54, 1.807) is 24.0 Å². The van der Waals surface area contributed by atoms with Crippen molar-refractivity contribution in [3.63, 3.8) is 0 Å². The van der Waals surface area contributed by atoms with Gasteiger partial charge in [0, 0.05) is 19.4 Å². The first-order valence-electron chi connectivity index (χ1n) is 6.95. The minimum Gasteiger partial charge on any atom is -0.488 e. The Labute approximate surface area is 122 Å². The van der Waals surface area contributed by atoms with Gasteiger partial charge in [-0.15, -0.1) is 0 Å². The van der Waals surface area contributed by atoms with E-state index in [-0.39, 0.29) is 17.6 Å². The lowest BCUT2D eigenvalue weighted by atomic mass is 10.0. The SMILES string of the molecule is CCC(=O)N1C[C@H](O)C[C@@H](Oc2ccc(C(=O)O)cc2)C1. The van der Waals surface area contributed by atoms with E-state index in [1.807, 2.05) is 0 Å². The van der Waals surface area contributed by atoms with Crippen molar-refractivity contribution >= 4 is 11.9 Å². The molecule has 0 saturated carbocycles. The van der Waals surface area contributed by atoms with Crippen LogP contribution < -0.4 is 4.74 Å². The molecule has 0 radical (unpaired) electrons. The highest BCUT2D eigenvalue weighted by Gasteiger charge is 2.29. The largest absolute Gasteiger partial charge is 0.488 e. The van der Waals surface area contributed by atoms with Gasteiger partial charge in [0.25, 0.3) is 0 Å². The summed E-state index contributed by atoms with van der Waals surface area (Å²) < 4.78 is 5.74. The Morgan fingerprint density at radius 3 is 2.52 bits per heavy atom. The highest BCUT2D eigenvalue weighted by atomic mass is 16.5. The molecule has 0 aromatic heterocycles. The van der Waals surface area contributed by atoms with Crippen LogP contribution in [0, 0.1) is 0 Å². The van der Waals surface area contributed by atoms with Crippen LogP contribution in [0.3, 0.4) is 0 Å². The van der Waals surface area contributed by atoms with Crippen molar-refractivity contribution in [3.05, 3.63) is 29.8 Å². The van der Waals surface area contributed by atoms with Crippen LogP contribution in [0.15, 0.2) is 24.3 Å². The number of carbonyl (C=O) groups excluding carboxylic acids is 1. The third kappa shape index (κ3) is 3.95. The number of likely N-dealkylation sites (tertiary alicyclic amines) is 1. The molecule has 1 aromatic rings. The number of aliphatic hydroxyl groups is 1. The maximum absolute atomic E-state index is 11.7. The molecule has 0 bridgehead atoms. The molecule has 1 aromatic carbocycles. The van der Waals surface area contributed by atoms with Gasteiger partial charge in [0.2, 0.25) is 5.91 Å². The number of hydrogen-bond acceptors (Lipinski definition) is 4. The Bertz CT molecular complexity index is 513. The number of nitrogens with zero attached hydrogens (tertiary/aromatic N) is 1. The first-order chi connectivity index (χ1) is 9.99. The number of amides is 1. The lowest BCUT2D eigenvalue weighted by molar-refractivity contribution is -0.136. The highest BCUT2D eigenvalue weighted by molar-refractivity contribution is 5.87. The van der Waals surface area contributed by atoms with Gasteiger partial charge in [-0.05, 0) is 24.3 Å². The van der Waals surface area contributed by atoms with Crippen molar-refractivity contribution in [3.8, 4) is 5.75 Å². The molecular formula is C15H19NO5. The van der Waals surface area contributed by atoms with E-state index < -0.39 is 12.1 Å². The molecule has 2 rings (SSSR count). The van der Waals surface area contributed by atoms with Gasteiger partial charge in [-0.1, -0.05) is 6.92 Å². The number of benzene rings is 1. The fraction of sp³-hybridized carbons (Fsp3) is 0.467. The van der Waals surface area contributed by atoms with Crippen molar-refractivity contribution in [1.29, 1.82) is 0 Å². The van der Waals surface area contributed by atoms with E-state index in [9.17, 15) is 14.7 Å². The third-order valence-corrected chi connectivity index (χ3v) is 3.45. The Hall–Kier alpha value is -2.08. The summed E-state index contributed by atoms with van der Waals surface area (Å²) in [5.74, 6) is -0.471. The summed E-state index contributed by atoms with van der Waals surface area (Å²) in [6.45, 7) is 2.55. The van der Waals surface area contributed by atoms with E-state index in [0.717, 1.165) is 0 Å². The molecule has 1 saturated heterocycles. The van der Waals surface area contributed by atoms with Gasteiger partial charge in [0.15, 0.2) is 0 Å². The molecule has 114 valence electrons. The zero-order valence-corrected chi connectivity index (χ0v) is 11.9. The first kappa shape index (κ1) is 15.3. The van der Waals surface area contributed by atoms with Gasteiger partial charge >= 0.3 is 5.97 Å². The maximum Gasteiger partial charge on any atom is 0.335 e. The number of aliphatic hydroxyl groups excluding tert-OH is 1. The maximum atomic E-state index is 11.7. The Morgan fingerprint density at radius 1 is 1.29 bits per heavy atom. The average molecular weight is 293 g/mol. The predicted molar refractivity (Wildman–Crippen MR) is 75.3 cm³/mol. The molecule has 0 unspecified atom stereocenters. The minimum atomic E-state index is -0.991. The van der Waals surface area contributed by atoms with Crippen molar-refractivity contribution < 1.29 is 24.5 Å². The van der Waals surface area contributed by atoms with Crippen LogP contribution in [0.4, 0.5) is 0 Å². The molecular weight excluding hydrogens is 274 g/mol. The fourth-order valence-corrected chi connectivity index (χ4v) is 2.41. The fourth-order valence-electron chi connectivity index (χ4n) is 2.41. The van der Waals surface area contributed by atoms with Crippen LogP contribution in [0.1, 0.15) is 30.1 Å². The normalized spacial score (nSPS) is 21.9. The van der Waals surface area contributed by atoms with Crippen molar-refractivity contribution in [2.75, 3.05) is 13.1 Å². The Kier molecular flexibility index (Phi) is 4.80. The van der Waals surface area contributed by atoms with Gasteiger partial charge in [-0.25, -0.2) is 4.79 Å². The predicted octanol–water partition coefficient (Wildman–Crippen LogP) is 1.14. The van der Waals surface area contributed by atoms with Crippen molar-refractivity contribution in [2.45, 2.75) is 32.0 Å². The molecule has 1 aliphatic heterocycles. The topological polar surface area (TPSA) is 87.1 Å². The van der Waals surface area contributed by atoms with Gasteiger partial charge < -0.3 is 19.8 Å². The number of piperidine rings is 1. The lowest BCUT2D eigenvalue weighted by Crippen LogP contribution is -2.50. The van der Waals surface area contributed by atoms with Gasteiger partial charge in [-0.3, -0.25) is 4.79 Å². The number of ether oxygens (including phenoxy) is 1. The van der Waals surface area contributed by atoms with E-state index in [1.165, 1.54) is 12.1 Å². The molecule has 0 aliphatic carbocycles. The van der Waals surface area contributed by atoms with Crippen LogP contribution in [-0.4, -0.2) is 52.3 Å². The van der Waals surface area contributed by atoms with Gasteiger partial charge in [-0.2, -0.15) is 0 Å². The summed E-state index contributed by atoms with van der Waals surface area (Å²) in [5.41, 5.74) is 0.189. The zero-order valence-electron chi connectivity index (χ0n) is 11.9. The highest BCUT2D eigenvalue weighted by Crippen LogP contribution is 2.20. The summed E-state index contributed by atoms with van der Waals surface area (Å²) in [7, 11) is 0. The Balaban J connectivity index is 2.01. The van der Waals surface area contributed by atoms with Crippen molar-refractivity contribution in [2.24, 2.45) is 0 Å². The van der Waals surface area contributed by atoms with E-state index in [4.69, 9.17) is 9.84 Å². The number of rotatable bonds is 4.